The Hall–Kier alpha value is -1.85. The van der Waals surface area contributed by atoms with Crippen molar-refractivity contribution in [3.8, 4) is 5.75 Å². The lowest BCUT2D eigenvalue weighted by atomic mass is 10.00. The summed E-state index contributed by atoms with van der Waals surface area (Å²) in [6, 6.07) is 4.90. The zero-order valence-electron chi connectivity index (χ0n) is 12.1. The number of hydrogen-bond donors (Lipinski definition) is 0. The largest absolute Gasteiger partial charge is 0.416 e. The number of benzene rings is 1. The average Bonchev–Trinajstić information content (AvgIpc) is 2.86. The van der Waals surface area contributed by atoms with Gasteiger partial charge in [0.2, 0.25) is 0 Å². The first kappa shape index (κ1) is 14.7. The summed E-state index contributed by atoms with van der Waals surface area (Å²) < 4.78 is 5.49. The van der Waals surface area contributed by atoms with E-state index in [0.717, 1.165) is 30.5 Å². The molecule has 23 heavy (non-hydrogen) atoms. The summed E-state index contributed by atoms with van der Waals surface area (Å²) in [6.07, 6.45) is 5.57. The molecule has 2 aliphatic heterocycles. The van der Waals surface area contributed by atoms with E-state index in [4.69, 9.17) is 27.9 Å². The molecule has 0 radical (unpaired) electrons. The fraction of sp³-hybridized carbons (Fsp3) is 0.312. The summed E-state index contributed by atoms with van der Waals surface area (Å²) in [6.45, 7) is 0. The van der Waals surface area contributed by atoms with Crippen LogP contribution in [-0.4, -0.2) is 27.0 Å². The minimum Gasteiger partial charge on any atom is -0.410 e. The van der Waals surface area contributed by atoms with E-state index in [9.17, 15) is 4.79 Å². The molecule has 0 saturated carbocycles. The van der Waals surface area contributed by atoms with E-state index in [2.05, 4.69) is 9.97 Å². The lowest BCUT2D eigenvalue weighted by Gasteiger charge is -2.34. The number of fused-ring (bicyclic) bond motifs is 4. The van der Waals surface area contributed by atoms with Crippen molar-refractivity contribution in [2.45, 2.75) is 31.3 Å². The Bertz CT molecular complexity index is 784. The summed E-state index contributed by atoms with van der Waals surface area (Å²) in [5.74, 6) is 0.388. The summed E-state index contributed by atoms with van der Waals surface area (Å²) >= 11 is 11.8. The van der Waals surface area contributed by atoms with Crippen molar-refractivity contribution in [3.05, 3.63) is 52.0 Å². The molecule has 5 nitrogen and oxygen atoms in total. The minimum absolute atomic E-state index is 0.0137. The highest BCUT2D eigenvalue weighted by atomic mass is 35.5. The number of carbonyl (C=O) groups excluding carboxylic acids is 1. The van der Waals surface area contributed by atoms with Crippen LogP contribution >= 0.6 is 23.2 Å². The number of rotatable bonds is 1. The highest BCUT2D eigenvalue weighted by molar-refractivity contribution is 6.42. The first-order valence-electron chi connectivity index (χ1n) is 7.37. The van der Waals surface area contributed by atoms with Crippen molar-refractivity contribution in [1.82, 2.24) is 14.9 Å². The van der Waals surface area contributed by atoms with Gasteiger partial charge in [0.05, 0.1) is 21.8 Å². The van der Waals surface area contributed by atoms with Gasteiger partial charge in [0.15, 0.2) is 0 Å². The number of aromatic nitrogens is 2. The average molecular weight is 350 g/mol. The second-order valence-corrected chi connectivity index (χ2v) is 6.54. The molecule has 0 spiro atoms. The number of halogens is 2. The maximum absolute atomic E-state index is 12.6. The van der Waals surface area contributed by atoms with Crippen molar-refractivity contribution < 1.29 is 9.53 Å². The number of amides is 1. The van der Waals surface area contributed by atoms with Crippen LogP contribution in [0.2, 0.25) is 10.0 Å². The van der Waals surface area contributed by atoms with Gasteiger partial charge in [0.1, 0.15) is 12.1 Å². The Kier molecular flexibility index (Phi) is 3.62. The Balaban J connectivity index is 1.59. The molecule has 1 saturated heterocycles. The van der Waals surface area contributed by atoms with Gasteiger partial charge in [-0.25, -0.2) is 14.8 Å². The van der Waals surface area contributed by atoms with E-state index in [1.54, 1.807) is 35.6 Å². The molecule has 1 aromatic carbocycles. The molecule has 1 fully saturated rings. The molecule has 7 heteroatoms. The molecule has 1 aromatic heterocycles. The molecule has 0 aliphatic carbocycles. The highest BCUT2D eigenvalue weighted by Gasteiger charge is 2.44. The van der Waals surface area contributed by atoms with Crippen molar-refractivity contribution in [2.75, 3.05) is 0 Å². The third kappa shape index (κ3) is 2.54. The van der Waals surface area contributed by atoms with Gasteiger partial charge in [-0.2, -0.15) is 0 Å². The van der Waals surface area contributed by atoms with E-state index in [1.807, 2.05) is 0 Å². The third-order valence-electron chi connectivity index (χ3n) is 4.42. The Labute approximate surface area is 143 Å². The standard InChI is InChI=1S/C16H13Cl2N3O2/c17-12-3-2-10(6-13(12)18)23-16(22)21-9-1-4-15(21)11-7-19-8-20-14(11)5-9/h2-3,6-9,15H,1,4-5H2/t9-,15+/m1/s1. The topological polar surface area (TPSA) is 55.3 Å². The van der Waals surface area contributed by atoms with Gasteiger partial charge in [-0.15, -0.1) is 0 Å². The summed E-state index contributed by atoms with van der Waals surface area (Å²) in [5, 5.41) is 0.785. The summed E-state index contributed by atoms with van der Waals surface area (Å²) in [7, 11) is 0. The van der Waals surface area contributed by atoms with E-state index in [0.29, 0.717) is 15.8 Å². The molecule has 1 amide bonds. The van der Waals surface area contributed by atoms with Crippen LogP contribution in [0.5, 0.6) is 5.75 Å². The molecule has 4 rings (SSSR count). The summed E-state index contributed by atoms with van der Waals surface area (Å²) in [5.41, 5.74) is 2.05. The van der Waals surface area contributed by atoms with Gasteiger partial charge in [-0.3, -0.25) is 4.90 Å². The van der Waals surface area contributed by atoms with Crippen molar-refractivity contribution in [3.63, 3.8) is 0 Å². The van der Waals surface area contributed by atoms with Crippen LogP contribution in [0.15, 0.2) is 30.7 Å². The van der Waals surface area contributed by atoms with Crippen molar-refractivity contribution in [2.24, 2.45) is 0 Å². The zero-order chi connectivity index (χ0) is 16.0. The van der Waals surface area contributed by atoms with Gasteiger partial charge in [0, 0.05) is 30.3 Å². The first-order chi connectivity index (χ1) is 11.1. The number of hydrogen-bond acceptors (Lipinski definition) is 4. The zero-order valence-corrected chi connectivity index (χ0v) is 13.6. The first-order valence-corrected chi connectivity index (χ1v) is 8.13. The highest BCUT2D eigenvalue weighted by Crippen LogP contribution is 2.43. The van der Waals surface area contributed by atoms with Gasteiger partial charge < -0.3 is 4.74 Å². The predicted molar refractivity (Wildman–Crippen MR) is 85.8 cm³/mol. The van der Waals surface area contributed by atoms with Gasteiger partial charge in [0.25, 0.3) is 0 Å². The Morgan fingerprint density at radius 2 is 2.13 bits per heavy atom. The fourth-order valence-corrected chi connectivity index (χ4v) is 3.68. The van der Waals surface area contributed by atoms with E-state index in [-0.39, 0.29) is 18.2 Å². The molecule has 2 atom stereocenters. The van der Waals surface area contributed by atoms with E-state index >= 15 is 0 Å². The predicted octanol–water partition coefficient (Wildman–Crippen LogP) is 4.04. The lowest BCUT2D eigenvalue weighted by molar-refractivity contribution is 0.122. The molecule has 0 unspecified atom stereocenters. The van der Waals surface area contributed by atoms with Gasteiger partial charge in [-0.05, 0) is 25.0 Å². The maximum Gasteiger partial charge on any atom is 0.416 e. The summed E-state index contributed by atoms with van der Waals surface area (Å²) in [4.78, 5) is 22.8. The van der Waals surface area contributed by atoms with Crippen LogP contribution < -0.4 is 4.74 Å². The maximum atomic E-state index is 12.6. The van der Waals surface area contributed by atoms with E-state index in [1.165, 1.54) is 0 Å². The second-order valence-electron chi connectivity index (χ2n) is 5.73. The molecular formula is C16H13Cl2N3O2. The number of carbonyl (C=O) groups is 1. The van der Waals surface area contributed by atoms with Crippen LogP contribution in [-0.2, 0) is 6.42 Å². The molecule has 118 valence electrons. The minimum atomic E-state index is -0.370. The smallest absolute Gasteiger partial charge is 0.410 e. The van der Waals surface area contributed by atoms with Gasteiger partial charge in [-0.1, -0.05) is 23.2 Å². The SMILES string of the molecule is O=C(Oc1ccc(Cl)c(Cl)c1)N1[C@@H]2CC[C@H]1c1cncnc1C2. The van der Waals surface area contributed by atoms with Crippen LogP contribution in [0.25, 0.3) is 0 Å². The normalized spacial score (nSPS) is 21.9. The fourth-order valence-electron chi connectivity index (χ4n) is 3.40. The second kappa shape index (κ2) is 5.65. The van der Waals surface area contributed by atoms with Crippen molar-refractivity contribution in [1.29, 1.82) is 0 Å². The van der Waals surface area contributed by atoms with Crippen LogP contribution in [0.3, 0.4) is 0 Å². The third-order valence-corrected chi connectivity index (χ3v) is 5.16. The molecular weight excluding hydrogens is 337 g/mol. The molecule has 0 N–H and O–H groups in total. The van der Waals surface area contributed by atoms with Gasteiger partial charge >= 0.3 is 6.09 Å². The van der Waals surface area contributed by atoms with Crippen molar-refractivity contribution >= 4 is 29.3 Å². The van der Waals surface area contributed by atoms with Crippen LogP contribution in [0.4, 0.5) is 4.79 Å². The van der Waals surface area contributed by atoms with Crippen LogP contribution in [0, 0.1) is 0 Å². The molecule has 2 bridgehead atoms. The quantitative estimate of drug-likeness (QED) is 0.779. The van der Waals surface area contributed by atoms with Crippen LogP contribution in [0.1, 0.15) is 30.1 Å². The number of nitrogens with zero attached hydrogens (tertiary/aromatic N) is 3. The lowest BCUT2D eigenvalue weighted by Crippen LogP contribution is -2.43. The monoisotopic (exact) mass is 349 g/mol. The molecule has 3 heterocycles. The Morgan fingerprint density at radius 3 is 2.96 bits per heavy atom. The molecule has 2 aliphatic rings. The molecule has 2 aromatic rings. The van der Waals surface area contributed by atoms with E-state index < -0.39 is 0 Å². The Morgan fingerprint density at radius 1 is 1.26 bits per heavy atom. The number of ether oxygens (including phenoxy) is 1.